The molecule has 1 aromatic heterocycles. The molecule has 6 nitrogen and oxygen atoms in total. The van der Waals surface area contributed by atoms with Crippen LogP contribution in [0.2, 0.25) is 0 Å². The van der Waals surface area contributed by atoms with Crippen LogP contribution in [0.4, 0.5) is 11.5 Å². The van der Waals surface area contributed by atoms with E-state index in [-0.39, 0.29) is 5.69 Å². The van der Waals surface area contributed by atoms with Crippen molar-refractivity contribution in [2.24, 2.45) is 0 Å². The Morgan fingerprint density at radius 1 is 1.15 bits per heavy atom. The molecule has 0 amide bonds. The minimum atomic E-state index is -0.422. The molecule has 102 valence electrons. The van der Waals surface area contributed by atoms with Crippen molar-refractivity contribution in [1.82, 2.24) is 9.97 Å². The highest BCUT2D eigenvalue weighted by Crippen LogP contribution is 2.31. The van der Waals surface area contributed by atoms with E-state index in [0.29, 0.717) is 17.2 Å². The number of para-hydroxylation sites is 1. The number of nitro groups is 1. The Kier molecular flexibility index (Phi) is 3.06. The molecule has 3 rings (SSSR count). The molecular weight excluding hydrogens is 256 g/mol. The van der Waals surface area contributed by atoms with Crippen LogP contribution in [-0.4, -0.2) is 14.9 Å². The number of hydrogen-bond acceptors (Lipinski definition) is 5. The fourth-order valence-electron chi connectivity index (χ4n) is 2.57. The Bertz CT molecular complexity index is 685. The number of nitrogens with two attached hydrogens (primary N) is 1. The molecule has 2 aromatic rings. The predicted octanol–water partition coefficient (Wildman–Crippen LogP) is 2.51. The van der Waals surface area contributed by atoms with Crippen molar-refractivity contribution in [2.45, 2.75) is 25.7 Å². The fourth-order valence-corrected chi connectivity index (χ4v) is 2.57. The molecule has 6 heteroatoms. The lowest BCUT2D eigenvalue weighted by Crippen LogP contribution is -2.12. The molecule has 0 atom stereocenters. The lowest BCUT2D eigenvalue weighted by molar-refractivity contribution is -0.384. The smallest absolute Gasteiger partial charge is 0.280 e. The molecule has 0 unspecified atom stereocenters. The monoisotopic (exact) mass is 270 g/mol. The number of nitro benzene ring substituents is 1. The van der Waals surface area contributed by atoms with Crippen molar-refractivity contribution in [3.05, 3.63) is 45.6 Å². The van der Waals surface area contributed by atoms with Gasteiger partial charge < -0.3 is 5.73 Å². The average molecular weight is 270 g/mol. The van der Waals surface area contributed by atoms with Crippen molar-refractivity contribution < 1.29 is 4.92 Å². The molecule has 1 aromatic carbocycles. The van der Waals surface area contributed by atoms with E-state index in [2.05, 4.69) is 9.97 Å². The second-order valence-electron chi connectivity index (χ2n) is 4.84. The first-order valence-electron chi connectivity index (χ1n) is 6.56. The first-order valence-corrected chi connectivity index (χ1v) is 6.56. The molecule has 0 saturated carbocycles. The highest BCUT2D eigenvalue weighted by Gasteiger charge is 2.21. The minimum Gasteiger partial charge on any atom is -0.383 e. The number of aryl methyl sites for hydroxylation is 1. The Hall–Kier alpha value is -2.50. The highest BCUT2D eigenvalue weighted by atomic mass is 16.6. The van der Waals surface area contributed by atoms with Gasteiger partial charge in [-0.1, -0.05) is 12.1 Å². The van der Waals surface area contributed by atoms with Crippen LogP contribution in [0.25, 0.3) is 11.4 Å². The average Bonchev–Trinajstić information content (AvgIpc) is 2.47. The standard InChI is InChI=1S/C14H14N4O2/c15-13-9-5-1-3-7-11(9)16-14(17-13)10-6-2-4-8-12(10)18(19)20/h2,4,6,8H,1,3,5,7H2,(H2,15,16,17). The van der Waals surface area contributed by atoms with Gasteiger partial charge in [-0.2, -0.15) is 0 Å². The summed E-state index contributed by atoms with van der Waals surface area (Å²) in [5.41, 5.74) is 8.33. The second-order valence-corrected chi connectivity index (χ2v) is 4.84. The van der Waals surface area contributed by atoms with Crippen LogP contribution in [-0.2, 0) is 12.8 Å². The molecule has 1 aliphatic rings. The SMILES string of the molecule is Nc1nc(-c2ccccc2[N+](=O)[O-])nc2c1CCCC2. The van der Waals surface area contributed by atoms with Crippen LogP contribution in [0.1, 0.15) is 24.1 Å². The van der Waals surface area contributed by atoms with Gasteiger partial charge in [-0.05, 0) is 31.7 Å². The third-order valence-corrected chi connectivity index (χ3v) is 3.56. The highest BCUT2D eigenvalue weighted by molar-refractivity contribution is 5.69. The Balaban J connectivity index is 2.16. The van der Waals surface area contributed by atoms with E-state index in [1.807, 2.05) is 0 Å². The molecule has 0 bridgehead atoms. The Labute approximate surface area is 115 Å². The summed E-state index contributed by atoms with van der Waals surface area (Å²) in [4.78, 5) is 19.4. The van der Waals surface area contributed by atoms with E-state index in [1.165, 1.54) is 6.07 Å². The van der Waals surface area contributed by atoms with Crippen LogP contribution >= 0.6 is 0 Å². The summed E-state index contributed by atoms with van der Waals surface area (Å²) in [5, 5.41) is 11.1. The first kappa shape index (κ1) is 12.5. The molecule has 1 heterocycles. The van der Waals surface area contributed by atoms with E-state index in [4.69, 9.17) is 5.73 Å². The van der Waals surface area contributed by atoms with Crippen molar-refractivity contribution in [2.75, 3.05) is 5.73 Å². The van der Waals surface area contributed by atoms with E-state index >= 15 is 0 Å². The van der Waals surface area contributed by atoms with Crippen LogP contribution < -0.4 is 5.73 Å². The summed E-state index contributed by atoms with van der Waals surface area (Å²) in [7, 11) is 0. The van der Waals surface area contributed by atoms with Gasteiger partial charge in [0.05, 0.1) is 10.5 Å². The summed E-state index contributed by atoms with van der Waals surface area (Å²) in [5.74, 6) is 0.790. The Morgan fingerprint density at radius 3 is 2.70 bits per heavy atom. The van der Waals surface area contributed by atoms with Crippen molar-refractivity contribution >= 4 is 11.5 Å². The van der Waals surface area contributed by atoms with Crippen molar-refractivity contribution in [1.29, 1.82) is 0 Å². The van der Waals surface area contributed by atoms with Gasteiger partial charge >= 0.3 is 0 Å². The molecule has 0 radical (unpaired) electrons. The molecular formula is C14H14N4O2. The third kappa shape index (κ3) is 2.09. The summed E-state index contributed by atoms with van der Waals surface area (Å²) in [6, 6.07) is 6.47. The maximum Gasteiger partial charge on any atom is 0.280 e. The summed E-state index contributed by atoms with van der Waals surface area (Å²) in [6.45, 7) is 0. The molecule has 0 aliphatic heterocycles. The number of rotatable bonds is 2. The third-order valence-electron chi connectivity index (χ3n) is 3.56. The zero-order chi connectivity index (χ0) is 14.1. The van der Waals surface area contributed by atoms with E-state index < -0.39 is 4.92 Å². The second kappa shape index (κ2) is 4.88. The maximum absolute atomic E-state index is 11.1. The molecule has 20 heavy (non-hydrogen) atoms. The zero-order valence-electron chi connectivity index (χ0n) is 10.9. The number of hydrogen-bond donors (Lipinski definition) is 1. The number of aromatic nitrogens is 2. The number of nitrogens with zero attached hydrogens (tertiary/aromatic N) is 3. The van der Waals surface area contributed by atoms with Gasteiger partial charge in [0.2, 0.25) is 0 Å². The number of fused-ring (bicyclic) bond motifs is 1. The molecule has 0 saturated heterocycles. The Morgan fingerprint density at radius 2 is 1.90 bits per heavy atom. The quantitative estimate of drug-likeness (QED) is 0.668. The fraction of sp³-hybridized carbons (Fsp3) is 0.286. The molecule has 0 spiro atoms. The van der Waals surface area contributed by atoms with Crippen LogP contribution in [0.5, 0.6) is 0 Å². The first-order chi connectivity index (χ1) is 9.66. The lowest BCUT2D eigenvalue weighted by Gasteiger charge is -2.17. The van der Waals surface area contributed by atoms with Crippen LogP contribution in [0.3, 0.4) is 0 Å². The number of anilines is 1. The topological polar surface area (TPSA) is 94.9 Å². The van der Waals surface area contributed by atoms with E-state index in [1.54, 1.807) is 18.2 Å². The largest absolute Gasteiger partial charge is 0.383 e. The summed E-state index contributed by atoms with van der Waals surface area (Å²) >= 11 is 0. The summed E-state index contributed by atoms with van der Waals surface area (Å²) < 4.78 is 0. The normalized spacial score (nSPS) is 13.8. The van der Waals surface area contributed by atoms with Crippen LogP contribution in [0.15, 0.2) is 24.3 Å². The molecule has 1 aliphatic carbocycles. The van der Waals surface area contributed by atoms with Gasteiger partial charge in [0.1, 0.15) is 5.82 Å². The van der Waals surface area contributed by atoms with Crippen molar-refractivity contribution in [3.63, 3.8) is 0 Å². The number of nitrogen functional groups attached to an aromatic ring is 1. The number of benzene rings is 1. The molecule has 2 N–H and O–H groups in total. The van der Waals surface area contributed by atoms with Crippen molar-refractivity contribution in [3.8, 4) is 11.4 Å². The van der Waals surface area contributed by atoms with E-state index in [9.17, 15) is 10.1 Å². The van der Waals surface area contributed by atoms with Gasteiger partial charge in [0.15, 0.2) is 5.82 Å². The molecule has 0 fully saturated rings. The summed E-state index contributed by atoms with van der Waals surface area (Å²) in [6.07, 6.45) is 3.90. The predicted molar refractivity (Wildman–Crippen MR) is 75.2 cm³/mol. The zero-order valence-corrected chi connectivity index (χ0v) is 10.9. The van der Waals surface area contributed by atoms with E-state index in [0.717, 1.165) is 36.9 Å². The van der Waals surface area contributed by atoms with Gasteiger partial charge in [0.25, 0.3) is 5.69 Å². The lowest BCUT2D eigenvalue weighted by atomic mass is 9.96. The van der Waals surface area contributed by atoms with Gasteiger partial charge in [-0.15, -0.1) is 0 Å². The van der Waals surface area contributed by atoms with Gasteiger partial charge in [0, 0.05) is 17.3 Å². The van der Waals surface area contributed by atoms with Gasteiger partial charge in [-0.25, -0.2) is 9.97 Å². The minimum absolute atomic E-state index is 0.00246. The maximum atomic E-state index is 11.1. The van der Waals surface area contributed by atoms with Gasteiger partial charge in [-0.3, -0.25) is 10.1 Å². The van der Waals surface area contributed by atoms with Crippen LogP contribution in [0, 0.1) is 10.1 Å².